The van der Waals surface area contributed by atoms with Crippen LogP contribution in [0.15, 0.2) is 24.3 Å². The second kappa shape index (κ2) is 3.07. The molecule has 3 nitrogen and oxygen atoms in total. The number of fused-ring (bicyclic) bond motifs is 3. The number of carbonyl (C=O) groups excluding carboxylic acids is 1. The minimum absolute atomic E-state index is 0.109. The molecule has 78 valence electrons. The second-order valence-electron chi connectivity index (χ2n) is 4.28. The zero-order valence-electron chi connectivity index (χ0n) is 8.39. The summed E-state index contributed by atoms with van der Waals surface area (Å²) >= 11 is 0. The molecule has 1 aromatic carbocycles. The van der Waals surface area contributed by atoms with Crippen LogP contribution < -0.4 is 0 Å². The fourth-order valence-electron chi connectivity index (χ4n) is 2.62. The molecule has 0 saturated carbocycles. The number of aliphatic hydroxyl groups excluding tert-OH is 1. The van der Waals surface area contributed by atoms with Crippen molar-refractivity contribution in [1.29, 1.82) is 0 Å². The van der Waals surface area contributed by atoms with Crippen molar-refractivity contribution in [3.8, 4) is 0 Å². The first-order valence-electron chi connectivity index (χ1n) is 5.35. The van der Waals surface area contributed by atoms with Gasteiger partial charge in [-0.1, -0.05) is 18.2 Å². The lowest BCUT2D eigenvalue weighted by Crippen LogP contribution is -2.37. The van der Waals surface area contributed by atoms with Gasteiger partial charge in [-0.25, -0.2) is 0 Å². The predicted octanol–water partition coefficient (Wildman–Crippen LogP) is 1.34. The summed E-state index contributed by atoms with van der Waals surface area (Å²) in [5.74, 6) is 0.127. The van der Waals surface area contributed by atoms with E-state index in [4.69, 9.17) is 0 Å². The molecule has 0 aliphatic carbocycles. The Labute approximate surface area is 88.3 Å². The number of rotatable bonds is 0. The van der Waals surface area contributed by atoms with Crippen molar-refractivity contribution in [3.63, 3.8) is 0 Å². The molecule has 0 bridgehead atoms. The molecular weight excluding hydrogens is 190 g/mol. The van der Waals surface area contributed by atoms with Gasteiger partial charge in [-0.15, -0.1) is 0 Å². The van der Waals surface area contributed by atoms with E-state index in [1.165, 1.54) is 0 Å². The summed E-state index contributed by atoms with van der Waals surface area (Å²) in [4.78, 5) is 13.9. The van der Waals surface area contributed by atoms with Gasteiger partial charge < -0.3 is 10.0 Å². The van der Waals surface area contributed by atoms with Gasteiger partial charge in [0.2, 0.25) is 0 Å². The van der Waals surface area contributed by atoms with E-state index >= 15 is 0 Å². The monoisotopic (exact) mass is 203 g/mol. The van der Waals surface area contributed by atoms with Gasteiger partial charge in [-0.2, -0.15) is 0 Å². The van der Waals surface area contributed by atoms with E-state index in [9.17, 15) is 9.90 Å². The summed E-state index contributed by atoms with van der Waals surface area (Å²) in [7, 11) is 0. The molecule has 3 heteroatoms. The van der Waals surface area contributed by atoms with E-state index < -0.39 is 0 Å². The van der Waals surface area contributed by atoms with Crippen molar-refractivity contribution >= 4 is 5.91 Å². The molecule has 1 N–H and O–H groups in total. The van der Waals surface area contributed by atoms with Gasteiger partial charge in [0.25, 0.3) is 5.91 Å². The summed E-state index contributed by atoms with van der Waals surface area (Å²) in [6.07, 6.45) is 1.13. The van der Waals surface area contributed by atoms with Crippen LogP contribution in [-0.2, 0) is 0 Å². The van der Waals surface area contributed by atoms with E-state index in [0.717, 1.165) is 11.1 Å². The minimum Gasteiger partial charge on any atom is -0.393 e. The maximum absolute atomic E-state index is 12.0. The lowest BCUT2D eigenvalue weighted by molar-refractivity contribution is 0.0390. The van der Waals surface area contributed by atoms with Crippen molar-refractivity contribution < 1.29 is 9.90 Å². The van der Waals surface area contributed by atoms with E-state index in [2.05, 4.69) is 0 Å². The molecule has 2 atom stereocenters. The third-order valence-electron chi connectivity index (χ3n) is 3.39. The zero-order valence-corrected chi connectivity index (χ0v) is 8.39. The smallest absolute Gasteiger partial charge is 0.254 e. The molecular formula is C12H13NO2. The highest BCUT2D eigenvalue weighted by molar-refractivity contribution is 5.99. The molecule has 1 fully saturated rings. The molecule has 1 saturated heterocycles. The van der Waals surface area contributed by atoms with Gasteiger partial charge >= 0.3 is 0 Å². The summed E-state index contributed by atoms with van der Waals surface area (Å²) in [5.41, 5.74) is 1.90. The predicted molar refractivity (Wildman–Crippen MR) is 55.5 cm³/mol. The zero-order chi connectivity index (χ0) is 10.4. The molecule has 0 radical (unpaired) electrons. The van der Waals surface area contributed by atoms with Crippen LogP contribution in [0.1, 0.15) is 34.8 Å². The Morgan fingerprint density at radius 1 is 1.33 bits per heavy atom. The molecule has 2 aliphatic heterocycles. The highest BCUT2D eigenvalue weighted by Gasteiger charge is 2.39. The van der Waals surface area contributed by atoms with Gasteiger partial charge in [0.05, 0.1) is 12.1 Å². The van der Waals surface area contributed by atoms with Crippen molar-refractivity contribution in [2.24, 2.45) is 0 Å². The summed E-state index contributed by atoms with van der Waals surface area (Å²) in [6, 6.07) is 7.83. The van der Waals surface area contributed by atoms with Crippen molar-refractivity contribution in [2.75, 3.05) is 6.54 Å². The van der Waals surface area contributed by atoms with E-state index in [0.29, 0.717) is 19.4 Å². The molecule has 0 unspecified atom stereocenters. The first-order chi connectivity index (χ1) is 7.27. The lowest BCUT2D eigenvalue weighted by atomic mass is 9.96. The number of hydrogen-bond donors (Lipinski definition) is 1. The number of aliphatic hydroxyl groups is 1. The summed E-state index contributed by atoms with van der Waals surface area (Å²) in [5, 5.41) is 9.63. The van der Waals surface area contributed by atoms with Crippen LogP contribution in [0.5, 0.6) is 0 Å². The van der Waals surface area contributed by atoms with E-state index in [1.54, 1.807) is 0 Å². The highest BCUT2D eigenvalue weighted by Crippen LogP contribution is 2.39. The summed E-state index contributed by atoms with van der Waals surface area (Å²) in [6.45, 7) is 0.680. The molecule has 0 spiro atoms. The van der Waals surface area contributed by atoms with Gasteiger partial charge in [0, 0.05) is 12.1 Å². The van der Waals surface area contributed by atoms with Crippen LogP contribution in [0.25, 0.3) is 0 Å². The van der Waals surface area contributed by atoms with Crippen molar-refractivity contribution in [3.05, 3.63) is 35.4 Å². The fourth-order valence-corrected chi connectivity index (χ4v) is 2.62. The molecule has 2 heterocycles. The first kappa shape index (κ1) is 8.92. The SMILES string of the molecule is O=C1c2ccccc2[C@@H]2C[C@H](O)CCN12. The first-order valence-corrected chi connectivity index (χ1v) is 5.35. The van der Waals surface area contributed by atoms with Gasteiger partial charge in [0.15, 0.2) is 0 Å². The molecule has 1 amide bonds. The van der Waals surface area contributed by atoms with Crippen molar-refractivity contribution in [1.82, 2.24) is 4.90 Å². The Hall–Kier alpha value is -1.35. The van der Waals surface area contributed by atoms with Gasteiger partial charge in [-0.05, 0) is 24.5 Å². The molecule has 3 rings (SSSR count). The second-order valence-corrected chi connectivity index (χ2v) is 4.28. The quantitative estimate of drug-likeness (QED) is 0.691. The summed E-state index contributed by atoms with van der Waals surface area (Å²) < 4.78 is 0. The largest absolute Gasteiger partial charge is 0.393 e. The maximum Gasteiger partial charge on any atom is 0.254 e. The van der Waals surface area contributed by atoms with Crippen LogP contribution in [0.2, 0.25) is 0 Å². The Balaban J connectivity index is 2.06. The maximum atomic E-state index is 12.0. The van der Waals surface area contributed by atoms with Crippen LogP contribution in [-0.4, -0.2) is 28.6 Å². The number of piperidine rings is 1. The van der Waals surface area contributed by atoms with Crippen LogP contribution in [0.4, 0.5) is 0 Å². The normalized spacial score (nSPS) is 28.9. The molecule has 2 aliphatic rings. The van der Waals surface area contributed by atoms with Crippen molar-refractivity contribution in [2.45, 2.75) is 25.0 Å². The van der Waals surface area contributed by atoms with Gasteiger partial charge in [0.1, 0.15) is 0 Å². The fraction of sp³-hybridized carbons (Fsp3) is 0.417. The standard InChI is InChI=1S/C12H13NO2/c14-8-5-6-13-11(7-8)9-3-1-2-4-10(9)12(13)15/h1-4,8,11,14H,5-7H2/t8-,11+/m1/s1. The third-order valence-corrected chi connectivity index (χ3v) is 3.39. The van der Waals surface area contributed by atoms with E-state index in [1.807, 2.05) is 29.2 Å². The van der Waals surface area contributed by atoms with Crippen LogP contribution >= 0.6 is 0 Å². The highest BCUT2D eigenvalue weighted by atomic mass is 16.3. The Bertz CT molecular complexity index is 416. The molecule has 0 aromatic heterocycles. The Morgan fingerprint density at radius 2 is 2.13 bits per heavy atom. The number of nitrogens with zero attached hydrogens (tertiary/aromatic N) is 1. The Kier molecular flexibility index (Phi) is 1.83. The number of benzene rings is 1. The minimum atomic E-state index is -0.259. The Morgan fingerprint density at radius 3 is 3.00 bits per heavy atom. The lowest BCUT2D eigenvalue weighted by Gasteiger charge is -2.32. The van der Waals surface area contributed by atoms with Crippen LogP contribution in [0.3, 0.4) is 0 Å². The number of hydrogen-bond acceptors (Lipinski definition) is 2. The molecule has 15 heavy (non-hydrogen) atoms. The van der Waals surface area contributed by atoms with Crippen LogP contribution in [0, 0.1) is 0 Å². The average molecular weight is 203 g/mol. The number of carbonyl (C=O) groups is 1. The average Bonchev–Trinajstić information content (AvgIpc) is 2.54. The third kappa shape index (κ3) is 1.20. The van der Waals surface area contributed by atoms with E-state index in [-0.39, 0.29) is 18.1 Å². The molecule has 1 aromatic rings. The topological polar surface area (TPSA) is 40.5 Å². The van der Waals surface area contributed by atoms with Gasteiger partial charge in [-0.3, -0.25) is 4.79 Å². The number of amides is 1.